The van der Waals surface area contributed by atoms with Crippen molar-refractivity contribution in [3.05, 3.63) is 6.92 Å². The number of nitrogens with zero attached hydrogens (tertiary/aromatic N) is 1. The van der Waals surface area contributed by atoms with Crippen LogP contribution in [0, 0.1) is 6.92 Å². The Kier molecular flexibility index (Phi) is 10.7. The molecule has 0 spiro atoms. The second kappa shape index (κ2) is 7.56. The first-order valence-corrected chi connectivity index (χ1v) is 2.79. The molecule has 0 heterocycles. The molecule has 0 saturated heterocycles. The Labute approximate surface area is 64.6 Å². The molecule has 0 amide bonds. The molecule has 0 unspecified atom stereocenters. The van der Waals surface area contributed by atoms with Crippen LogP contribution in [0.1, 0.15) is 13.3 Å². The van der Waals surface area contributed by atoms with Crippen molar-refractivity contribution in [1.29, 1.82) is 0 Å². The van der Waals surface area contributed by atoms with E-state index in [1.807, 2.05) is 0 Å². The maximum Gasteiger partial charge on any atom is 1.00 e. The van der Waals surface area contributed by atoms with Crippen LogP contribution in [0.5, 0.6) is 0 Å². The maximum absolute atomic E-state index is 3.73. The van der Waals surface area contributed by atoms with Gasteiger partial charge in [0.05, 0.1) is 0 Å². The Morgan fingerprint density at radius 3 is 2.12 bits per heavy atom. The van der Waals surface area contributed by atoms with Crippen LogP contribution < -0.4 is 18.9 Å². The van der Waals surface area contributed by atoms with E-state index >= 15 is 0 Å². The van der Waals surface area contributed by atoms with Crippen molar-refractivity contribution in [2.45, 2.75) is 13.3 Å². The van der Waals surface area contributed by atoms with Gasteiger partial charge in [-0.1, -0.05) is 6.92 Å². The second-order valence-corrected chi connectivity index (χ2v) is 1.75. The van der Waals surface area contributed by atoms with Gasteiger partial charge in [-0.2, -0.15) is 6.42 Å². The van der Waals surface area contributed by atoms with E-state index in [0.717, 1.165) is 19.5 Å². The summed E-state index contributed by atoms with van der Waals surface area (Å²) in [6.45, 7) is 8.14. The van der Waals surface area contributed by atoms with Gasteiger partial charge >= 0.3 is 18.9 Å². The van der Waals surface area contributed by atoms with Crippen LogP contribution in [0.15, 0.2) is 0 Å². The standard InChI is InChI=1S/C6H14N.Li/c1-4-6-7(3)5-2;/h1,4-6H2,2-3H3;/q-1;+1. The normalized spacial score (nSPS) is 9.00. The molecule has 1 nitrogen and oxygen atoms in total. The largest absolute Gasteiger partial charge is 1.00 e. The van der Waals surface area contributed by atoms with Crippen LogP contribution >= 0.6 is 0 Å². The minimum atomic E-state index is 0. The summed E-state index contributed by atoms with van der Waals surface area (Å²) in [4.78, 5) is 2.24. The Morgan fingerprint density at radius 1 is 1.50 bits per heavy atom. The first kappa shape index (κ1) is 11.4. The predicted molar refractivity (Wildman–Crippen MR) is 33.1 cm³/mol. The van der Waals surface area contributed by atoms with E-state index in [0.29, 0.717) is 0 Å². The van der Waals surface area contributed by atoms with E-state index in [4.69, 9.17) is 0 Å². The van der Waals surface area contributed by atoms with Gasteiger partial charge in [-0.05, 0) is 20.1 Å². The van der Waals surface area contributed by atoms with E-state index in [9.17, 15) is 0 Å². The molecule has 0 fully saturated rings. The second-order valence-electron chi connectivity index (χ2n) is 1.75. The van der Waals surface area contributed by atoms with Gasteiger partial charge in [-0.15, -0.1) is 0 Å². The Hall–Kier alpha value is 0.557. The summed E-state index contributed by atoms with van der Waals surface area (Å²) >= 11 is 0. The van der Waals surface area contributed by atoms with E-state index in [-0.39, 0.29) is 18.9 Å². The molecule has 0 saturated carbocycles. The Bertz CT molecular complexity index is 39.5. The van der Waals surface area contributed by atoms with E-state index < -0.39 is 0 Å². The fraction of sp³-hybridized carbons (Fsp3) is 0.833. The zero-order valence-electron chi connectivity index (χ0n) is 6.28. The molecule has 0 aromatic carbocycles. The zero-order chi connectivity index (χ0) is 5.70. The molecule has 0 aliphatic heterocycles. The van der Waals surface area contributed by atoms with Crippen molar-refractivity contribution in [3.63, 3.8) is 0 Å². The van der Waals surface area contributed by atoms with Crippen molar-refractivity contribution in [2.24, 2.45) is 0 Å². The molecule has 0 aromatic rings. The van der Waals surface area contributed by atoms with Gasteiger partial charge in [0.1, 0.15) is 0 Å². The van der Waals surface area contributed by atoms with Crippen LogP contribution in [0.25, 0.3) is 0 Å². The molecule has 0 radical (unpaired) electrons. The summed E-state index contributed by atoms with van der Waals surface area (Å²) in [5.74, 6) is 0. The third-order valence-electron chi connectivity index (χ3n) is 1.08. The molecule has 0 aliphatic rings. The molecule has 0 atom stereocenters. The predicted octanol–water partition coefficient (Wildman–Crippen LogP) is -1.83. The van der Waals surface area contributed by atoms with Crippen molar-refractivity contribution in [1.82, 2.24) is 4.90 Å². The zero-order valence-corrected chi connectivity index (χ0v) is 6.28. The minimum absolute atomic E-state index is 0. The Balaban J connectivity index is 0. The molecule has 0 aliphatic carbocycles. The monoisotopic (exact) mass is 107 g/mol. The summed E-state index contributed by atoms with van der Waals surface area (Å²) in [6.07, 6.45) is 1.02. The van der Waals surface area contributed by atoms with Crippen LogP contribution in [0.3, 0.4) is 0 Å². The molecule has 8 heavy (non-hydrogen) atoms. The average molecular weight is 107 g/mol. The van der Waals surface area contributed by atoms with Crippen molar-refractivity contribution >= 4 is 0 Å². The van der Waals surface area contributed by atoms with Gasteiger partial charge in [0, 0.05) is 0 Å². The van der Waals surface area contributed by atoms with Crippen LogP contribution in [0.4, 0.5) is 0 Å². The number of rotatable bonds is 3. The first-order valence-electron chi connectivity index (χ1n) is 2.79. The van der Waals surface area contributed by atoms with E-state index in [1.165, 1.54) is 0 Å². The van der Waals surface area contributed by atoms with Gasteiger partial charge in [0.15, 0.2) is 0 Å². The molecule has 44 valence electrons. The molecule has 2 heteroatoms. The summed E-state index contributed by atoms with van der Waals surface area (Å²) < 4.78 is 0. The smallest absolute Gasteiger partial charge is 0.342 e. The number of hydrogen-bond acceptors (Lipinski definition) is 1. The van der Waals surface area contributed by atoms with E-state index in [1.54, 1.807) is 0 Å². The summed E-state index contributed by atoms with van der Waals surface area (Å²) in [5.41, 5.74) is 0. The minimum Gasteiger partial charge on any atom is -0.342 e. The van der Waals surface area contributed by atoms with Gasteiger partial charge in [0.25, 0.3) is 0 Å². The van der Waals surface area contributed by atoms with Gasteiger partial charge in [-0.3, -0.25) is 0 Å². The van der Waals surface area contributed by atoms with Crippen LogP contribution in [0.2, 0.25) is 0 Å². The first-order chi connectivity index (χ1) is 3.31. The number of hydrogen-bond donors (Lipinski definition) is 0. The van der Waals surface area contributed by atoms with Gasteiger partial charge < -0.3 is 11.8 Å². The van der Waals surface area contributed by atoms with Crippen molar-refractivity contribution < 1.29 is 18.9 Å². The Morgan fingerprint density at radius 2 is 2.00 bits per heavy atom. The molecule has 0 aromatic heterocycles. The van der Waals surface area contributed by atoms with Crippen molar-refractivity contribution in [2.75, 3.05) is 20.1 Å². The summed E-state index contributed by atoms with van der Waals surface area (Å²) in [5, 5.41) is 0. The van der Waals surface area contributed by atoms with Crippen molar-refractivity contribution in [3.8, 4) is 0 Å². The van der Waals surface area contributed by atoms with Crippen LogP contribution in [-0.2, 0) is 0 Å². The fourth-order valence-electron chi connectivity index (χ4n) is 0.428. The van der Waals surface area contributed by atoms with Gasteiger partial charge in [-0.25, -0.2) is 0 Å². The van der Waals surface area contributed by atoms with Crippen LogP contribution in [-0.4, -0.2) is 25.0 Å². The average Bonchev–Trinajstić information content (AvgIpc) is 1.68. The third-order valence-corrected chi connectivity index (χ3v) is 1.08. The molecule has 0 bridgehead atoms. The maximum atomic E-state index is 3.73. The molecule has 0 rings (SSSR count). The van der Waals surface area contributed by atoms with E-state index in [2.05, 4.69) is 25.8 Å². The topological polar surface area (TPSA) is 3.24 Å². The summed E-state index contributed by atoms with van der Waals surface area (Å²) in [7, 11) is 2.10. The fourth-order valence-corrected chi connectivity index (χ4v) is 0.428. The molecular weight excluding hydrogens is 93.0 g/mol. The third kappa shape index (κ3) is 6.56. The summed E-state index contributed by atoms with van der Waals surface area (Å²) in [6, 6.07) is 0. The SMILES string of the molecule is [CH2-]CCN(C)CC.[Li+]. The molecule has 0 N–H and O–H groups in total. The van der Waals surface area contributed by atoms with Gasteiger partial charge in [0.2, 0.25) is 0 Å². The quantitative estimate of drug-likeness (QED) is 0.303. The molecular formula is C6H14LiN.